The Labute approximate surface area is 63.4 Å². The van der Waals surface area contributed by atoms with Gasteiger partial charge >= 0.3 is 0 Å². The maximum absolute atomic E-state index is 2.52. The van der Waals surface area contributed by atoms with Crippen LogP contribution in [-0.4, -0.2) is 24.5 Å². The fraction of sp³-hybridized carbons (Fsp3) is 1.00. The summed E-state index contributed by atoms with van der Waals surface area (Å²) in [5.74, 6) is 2.10. The Balaban J connectivity index is 2.09. The zero-order chi connectivity index (χ0) is 7.14. The fourth-order valence-corrected chi connectivity index (χ4v) is 2.79. The monoisotopic (exact) mass is 139 g/mol. The Kier molecular flexibility index (Phi) is 1.48. The smallest absolute Gasteiger partial charge is 0.00953 e. The van der Waals surface area contributed by atoms with Gasteiger partial charge in [0.15, 0.2) is 0 Å². The van der Waals surface area contributed by atoms with E-state index in [0.29, 0.717) is 0 Å². The highest BCUT2D eigenvalue weighted by Crippen LogP contribution is 2.40. The van der Waals surface area contributed by atoms with E-state index in [1.165, 1.54) is 25.8 Å². The van der Waals surface area contributed by atoms with Crippen LogP contribution < -0.4 is 0 Å². The highest BCUT2D eigenvalue weighted by molar-refractivity contribution is 4.92. The van der Waals surface area contributed by atoms with E-state index in [9.17, 15) is 0 Å². The van der Waals surface area contributed by atoms with Crippen molar-refractivity contribution in [1.82, 2.24) is 4.90 Å². The first kappa shape index (κ1) is 6.66. The first-order chi connectivity index (χ1) is 4.79. The van der Waals surface area contributed by atoms with Crippen LogP contribution in [0, 0.1) is 11.8 Å². The highest BCUT2D eigenvalue weighted by atomic mass is 15.2. The van der Waals surface area contributed by atoms with Crippen molar-refractivity contribution >= 4 is 0 Å². The van der Waals surface area contributed by atoms with E-state index in [4.69, 9.17) is 0 Å². The SMILES string of the molecule is C[C@H]1C2CCCC2CN1C. The molecule has 58 valence electrons. The van der Waals surface area contributed by atoms with Crippen molar-refractivity contribution < 1.29 is 0 Å². The summed E-state index contributed by atoms with van der Waals surface area (Å²) < 4.78 is 0. The van der Waals surface area contributed by atoms with Crippen LogP contribution in [0.2, 0.25) is 0 Å². The minimum absolute atomic E-state index is 0.868. The van der Waals surface area contributed by atoms with Gasteiger partial charge in [0, 0.05) is 12.6 Å². The maximum Gasteiger partial charge on any atom is 0.00953 e. The molecule has 1 nitrogen and oxygen atoms in total. The maximum atomic E-state index is 2.52. The third kappa shape index (κ3) is 0.800. The lowest BCUT2D eigenvalue weighted by atomic mass is 9.95. The lowest BCUT2D eigenvalue weighted by Crippen LogP contribution is -2.25. The first-order valence-electron chi connectivity index (χ1n) is 4.49. The molecule has 2 aliphatic rings. The molecule has 1 saturated heterocycles. The second-order valence-electron chi connectivity index (χ2n) is 4.04. The molecule has 2 fully saturated rings. The first-order valence-corrected chi connectivity index (χ1v) is 4.49. The van der Waals surface area contributed by atoms with Gasteiger partial charge in [0.25, 0.3) is 0 Å². The Hall–Kier alpha value is -0.0400. The van der Waals surface area contributed by atoms with Crippen molar-refractivity contribution in [3.8, 4) is 0 Å². The van der Waals surface area contributed by atoms with E-state index >= 15 is 0 Å². The summed E-state index contributed by atoms with van der Waals surface area (Å²) in [5, 5.41) is 0. The predicted octanol–water partition coefficient (Wildman–Crippen LogP) is 1.74. The van der Waals surface area contributed by atoms with Crippen molar-refractivity contribution in [3.63, 3.8) is 0 Å². The van der Waals surface area contributed by atoms with Gasteiger partial charge in [0.05, 0.1) is 0 Å². The number of likely N-dealkylation sites (tertiary alicyclic amines) is 1. The largest absolute Gasteiger partial charge is 0.303 e. The molecule has 0 N–H and O–H groups in total. The fourth-order valence-electron chi connectivity index (χ4n) is 2.79. The zero-order valence-electron chi connectivity index (χ0n) is 7.01. The van der Waals surface area contributed by atoms with Gasteiger partial charge in [-0.3, -0.25) is 0 Å². The summed E-state index contributed by atoms with van der Waals surface area (Å²) in [5.41, 5.74) is 0. The van der Waals surface area contributed by atoms with Gasteiger partial charge in [0.1, 0.15) is 0 Å². The average Bonchev–Trinajstić information content (AvgIpc) is 2.41. The van der Waals surface area contributed by atoms with Gasteiger partial charge in [-0.1, -0.05) is 6.42 Å². The van der Waals surface area contributed by atoms with Crippen molar-refractivity contribution in [2.75, 3.05) is 13.6 Å². The third-order valence-electron chi connectivity index (χ3n) is 3.56. The van der Waals surface area contributed by atoms with Crippen molar-refractivity contribution in [3.05, 3.63) is 0 Å². The lowest BCUT2D eigenvalue weighted by molar-refractivity contribution is 0.287. The van der Waals surface area contributed by atoms with Gasteiger partial charge in [-0.05, 0) is 38.6 Å². The number of rotatable bonds is 0. The molecule has 0 aromatic heterocycles. The summed E-state index contributed by atoms with van der Waals surface area (Å²) in [6, 6.07) is 0.868. The molecular weight excluding hydrogens is 122 g/mol. The van der Waals surface area contributed by atoms with Crippen LogP contribution in [0.1, 0.15) is 26.2 Å². The molecule has 1 saturated carbocycles. The van der Waals surface area contributed by atoms with E-state index in [1.54, 1.807) is 0 Å². The molecule has 0 aromatic rings. The average molecular weight is 139 g/mol. The van der Waals surface area contributed by atoms with Gasteiger partial charge in [-0.2, -0.15) is 0 Å². The summed E-state index contributed by atoms with van der Waals surface area (Å²) in [4.78, 5) is 2.52. The summed E-state index contributed by atoms with van der Waals surface area (Å²) in [6.45, 7) is 3.75. The van der Waals surface area contributed by atoms with Crippen LogP contribution in [0.25, 0.3) is 0 Å². The standard InChI is InChI=1S/C9H17N/c1-7-9-5-3-4-8(9)6-10(7)2/h7-9H,3-6H2,1-2H3/t7-,8?,9?/m0/s1. The summed E-state index contributed by atoms with van der Waals surface area (Å²) >= 11 is 0. The van der Waals surface area contributed by atoms with Crippen LogP contribution >= 0.6 is 0 Å². The Bertz CT molecular complexity index is 131. The molecule has 1 heteroatoms. The second kappa shape index (κ2) is 2.23. The minimum Gasteiger partial charge on any atom is -0.303 e. The lowest BCUT2D eigenvalue weighted by Gasteiger charge is -2.18. The van der Waals surface area contributed by atoms with E-state index in [-0.39, 0.29) is 0 Å². The minimum atomic E-state index is 0.868. The number of nitrogens with zero attached hydrogens (tertiary/aromatic N) is 1. The molecule has 0 bridgehead atoms. The molecule has 0 radical (unpaired) electrons. The topological polar surface area (TPSA) is 3.24 Å². The Morgan fingerprint density at radius 2 is 2.10 bits per heavy atom. The Morgan fingerprint density at radius 3 is 2.80 bits per heavy atom. The highest BCUT2D eigenvalue weighted by Gasteiger charge is 2.39. The molecule has 0 amide bonds. The number of hydrogen-bond donors (Lipinski definition) is 0. The second-order valence-corrected chi connectivity index (χ2v) is 4.04. The quantitative estimate of drug-likeness (QED) is 0.494. The Morgan fingerprint density at radius 1 is 1.30 bits per heavy atom. The molecule has 2 unspecified atom stereocenters. The molecule has 1 aliphatic heterocycles. The summed E-state index contributed by atoms with van der Waals surface area (Å²) in [7, 11) is 2.27. The molecule has 3 atom stereocenters. The third-order valence-corrected chi connectivity index (χ3v) is 3.56. The zero-order valence-corrected chi connectivity index (χ0v) is 7.01. The number of fused-ring (bicyclic) bond motifs is 1. The molecule has 2 rings (SSSR count). The van der Waals surface area contributed by atoms with E-state index < -0.39 is 0 Å². The summed E-state index contributed by atoms with van der Waals surface area (Å²) in [6.07, 6.45) is 4.49. The van der Waals surface area contributed by atoms with Crippen LogP contribution in [0.3, 0.4) is 0 Å². The van der Waals surface area contributed by atoms with E-state index in [1.807, 2.05) is 0 Å². The van der Waals surface area contributed by atoms with Crippen molar-refractivity contribution in [2.45, 2.75) is 32.2 Å². The molecule has 10 heavy (non-hydrogen) atoms. The predicted molar refractivity (Wildman–Crippen MR) is 42.9 cm³/mol. The van der Waals surface area contributed by atoms with Crippen LogP contribution in [0.15, 0.2) is 0 Å². The van der Waals surface area contributed by atoms with E-state index in [2.05, 4.69) is 18.9 Å². The molecular formula is C9H17N. The van der Waals surface area contributed by atoms with Crippen molar-refractivity contribution in [1.29, 1.82) is 0 Å². The van der Waals surface area contributed by atoms with Gasteiger partial charge in [-0.25, -0.2) is 0 Å². The van der Waals surface area contributed by atoms with Crippen LogP contribution in [0.5, 0.6) is 0 Å². The van der Waals surface area contributed by atoms with Crippen LogP contribution in [0.4, 0.5) is 0 Å². The molecule has 1 aliphatic carbocycles. The van der Waals surface area contributed by atoms with E-state index in [0.717, 1.165) is 17.9 Å². The molecule has 0 spiro atoms. The van der Waals surface area contributed by atoms with Gasteiger partial charge in [-0.15, -0.1) is 0 Å². The normalized spacial score (nSPS) is 48.0. The van der Waals surface area contributed by atoms with Crippen LogP contribution in [-0.2, 0) is 0 Å². The van der Waals surface area contributed by atoms with Gasteiger partial charge in [0.2, 0.25) is 0 Å². The van der Waals surface area contributed by atoms with Crippen molar-refractivity contribution in [2.24, 2.45) is 11.8 Å². The number of hydrogen-bond acceptors (Lipinski definition) is 1. The molecule has 1 heterocycles. The van der Waals surface area contributed by atoms with Gasteiger partial charge < -0.3 is 4.90 Å². The molecule has 0 aromatic carbocycles.